The van der Waals surface area contributed by atoms with Crippen molar-refractivity contribution in [2.75, 3.05) is 6.54 Å². The van der Waals surface area contributed by atoms with Gasteiger partial charge in [-0.25, -0.2) is 4.98 Å². The van der Waals surface area contributed by atoms with Crippen molar-refractivity contribution in [2.45, 2.75) is 19.1 Å². The first-order chi connectivity index (χ1) is 9.00. The third-order valence-corrected chi connectivity index (χ3v) is 3.11. The molecule has 0 aliphatic carbocycles. The molecule has 102 valence electrons. The van der Waals surface area contributed by atoms with E-state index in [9.17, 15) is 15.0 Å². The Balaban J connectivity index is 2.26. The molecular weight excluding hydrogens is 270 g/mol. The molecule has 2 aromatic rings. The zero-order valence-electron chi connectivity index (χ0n) is 10.2. The maximum atomic E-state index is 10.8. The number of aromatic nitrogens is 2. The summed E-state index contributed by atoms with van der Waals surface area (Å²) in [5.74, 6) is -0.273. The predicted molar refractivity (Wildman–Crippen MR) is 70.8 cm³/mol. The molecule has 0 spiro atoms. The first-order valence-electron chi connectivity index (χ1n) is 5.72. The van der Waals surface area contributed by atoms with E-state index in [2.05, 4.69) is 15.3 Å². The molecule has 2 aromatic heterocycles. The molecule has 0 radical (unpaired) electrons. The number of carbonyl (C=O) groups is 1. The highest BCUT2D eigenvalue weighted by Crippen LogP contribution is 2.30. The van der Waals surface area contributed by atoms with Crippen LogP contribution >= 0.6 is 11.6 Å². The fraction of sp³-hybridized carbons (Fsp3) is 0.333. The number of carbonyl (C=O) groups excluding carboxylic acids is 1. The second-order valence-corrected chi connectivity index (χ2v) is 4.62. The largest absolute Gasteiger partial charge is 0.388 e. The lowest BCUT2D eigenvalue weighted by Gasteiger charge is -2.17. The van der Waals surface area contributed by atoms with Crippen LogP contribution in [-0.4, -0.2) is 38.7 Å². The highest BCUT2D eigenvalue weighted by molar-refractivity contribution is 6.35. The highest BCUT2D eigenvalue weighted by atomic mass is 35.5. The van der Waals surface area contributed by atoms with Crippen molar-refractivity contribution in [3.63, 3.8) is 0 Å². The van der Waals surface area contributed by atoms with Crippen molar-refractivity contribution < 1.29 is 15.0 Å². The zero-order valence-corrected chi connectivity index (χ0v) is 11.0. The molecule has 0 aliphatic heterocycles. The Hall–Kier alpha value is -1.63. The summed E-state index contributed by atoms with van der Waals surface area (Å²) in [7, 11) is 0. The average Bonchev–Trinajstić information content (AvgIpc) is 2.80. The number of rotatable bonds is 4. The lowest BCUT2D eigenvalue weighted by Crippen LogP contribution is -2.34. The standard InChI is InChI=1S/C12H14ClN3O3/c1-6(17)15-5-9(18)11(19)7-4-16-12-10(7)8(13)2-3-14-12/h2-4,9,11,18-19H,5H2,1H3,(H,14,16)(H,15,17). The fourth-order valence-electron chi connectivity index (χ4n) is 1.84. The smallest absolute Gasteiger partial charge is 0.216 e. The van der Waals surface area contributed by atoms with Gasteiger partial charge in [0, 0.05) is 36.8 Å². The Kier molecular flexibility index (Phi) is 4.04. The van der Waals surface area contributed by atoms with Gasteiger partial charge in [-0.1, -0.05) is 11.6 Å². The molecule has 0 aromatic carbocycles. The first-order valence-corrected chi connectivity index (χ1v) is 6.10. The monoisotopic (exact) mass is 283 g/mol. The number of hydrogen-bond donors (Lipinski definition) is 4. The molecule has 19 heavy (non-hydrogen) atoms. The highest BCUT2D eigenvalue weighted by Gasteiger charge is 2.23. The van der Waals surface area contributed by atoms with Gasteiger partial charge in [0.05, 0.1) is 5.02 Å². The second-order valence-electron chi connectivity index (χ2n) is 4.21. The molecule has 2 heterocycles. The van der Waals surface area contributed by atoms with Gasteiger partial charge in [0.1, 0.15) is 17.9 Å². The van der Waals surface area contributed by atoms with Crippen molar-refractivity contribution in [1.29, 1.82) is 0 Å². The van der Waals surface area contributed by atoms with Crippen molar-refractivity contribution >= 4 is 28.5 Å². The number of H-pyrrole nitrogens is 1. The second kappa shape index (κ2) is 5.56. The Bertz CT molecular complexity index is 599. The molecule has 0 bridgehead atoms. The normalized spacial score (nSPS) is 14.3. The summed E-state index contributed by atoms with van der Waals surface area (Å²) in [4.78, 5) is 17.7. The molecule has 0 fully saturated rings. The topological polar surface area (TPSA) is 98.2 Å². The van der Waals surface area contributed by atoms with Crippen LogP contribution in [0.25, 0.3) is 11.0 Å². The van der Waals surface area contributed by atoms with Crippen LogP contribution in [0.2, 0.25) is 5.02 Å². The van der Waals surface area contributed by atoms with Gasteiger partial charge in [-0.15, -0.1) is 0 Å². The first kappa shape index (κ1) is 13.8. The number of nitrogens with zero attached hydrogens (tertiary/aromatic N) is 1. The summed E-state index contributed by atoms with van der Waals surface area (Å²) in [6.45, 7) is 1.30. The maximum absolute atomic E-state index is 10.8. The van der Waals surface area contributed by atoms with Gasteiger partial charge in [0.25, 0.3) is 0 Å². The Morgan fingerprint density at radius 2 is 2.32 bits per heavy atom. The zero-order chi connectivity index (χ0) is 14.0. The van der Waals surface area contributed by atoms with Crippen molar-refractivity contribution in [1.82, 2.24) is 15.3 Å². The molecule has 2 rings (SSSR count). The van der Waals surface area contributed by atoms with Crippen LogP contribution in [0.1, 0.15) is 18.6 Å². The maximum Gasteiger partial charge on any atom is 0.216 e. The van der Waals surface area contributed by atoms with Gasteiger partial charge in [0.15, 0.2) is 0 Å². The van der Waals surface area contributed by atoms with Crippen LogP contribution in [-0.2, 0) is 4.79 Å². The van der Waals surface area contributed by atoms with Crippen LogP contribution in [0, 0.1) is 0 Å². The van der Waals surface area contributed by atoms with Crippen molar-refractivity contribution in [3.8, 4) is 0 Å². The molecule has 1 amide bonds. The number of hydrogen-bond acceptors (Lipinski definition) is 4. The Labute approximate surface area is 114 Å². The minimum absolute atomic E-state index is 0.0406. The quantitative estimate of drug-likeness (QED) is 0.665. The molecule has 2 atom stereocenters. The van der Waals surface area contributed by atoms with Gasteiger partial charge in [0.2, 0.25) is 5.91 Å². The summed E-state index contributed by atoms with van der Waals surface area (Å²) in [6.07, 6.45) is 0.803. The van der Waals surface area contributed by atoms with E-state index < -0.39 is 12.2 Å². The van der Waals surface area contributed by atoms with Crippen LogP contribution in [0.15, 0.2) is 18.5 Å². The Morgan fingerprint density at radius 1 is 1.58 bits per heavy atom. The van der Waals surface area contributed by atoms with E-state index in [-0.39, 0.29) is 12.5 Å². The number of halogens is 1. The van der Waals surface area contributed by atoms with E-state index >= 15 is 0 Å². The summed E-state index contributed by atoms with van der Waals surface area (Å²) < 4.78 is 0. The van der Waals surface area contributed by atoms with E-state index in [0.29, 0.717) is 21.6 Å². The van der Waals surface area contributed by atoms with Gasteiger partial charge < -0.3 is 20.5 Å². The molecule has 0 aliphatic rings. The predicted octanol–water partition coefficient (Wildman–Crippen LogP) is 0.747. The summed E-state index contributed by atoms with van der Waals surface area (Å²) in [5, 5.41) is 23.4. The number of aliphatic hydroxyl groups is 2. The molecule has 0 saturated heterocycles. The summed E-state index contributed by atoms with van der Waals surface area (Å²) >= 11 is 6.06. The molecule has 7 heteroatoms. The van der Waals surface area contributed by atoms with Gasteiger partial charge in [-0.3, -0.25) is 4.79 Å². The van der Waals surface area contributed by atoms with E-state index in [1.54, 1.807) is 18.5 Å². The molecular formula is C12H14ClN3O3. The fourth-order valence-corrected chi connectivity index (χ4v) is 2.10. The third-order valence-electron chi connectivity index (χ3n) is 2.80. The third kappa shape index (κ3) is 2.86. The van der Waals surface area contributed by atoms with Crippen molar-refractivity contribution in [3.05, 3.63) is 29.0 Å². The lowest BCUT2D eigenvalue weighted by atomic mass is 10.0. The Morgan fingerprint density at radius 3 is 3.00 bits per heavy atom. The van der Waals surface area contributed by atoms with Crippen molar-refractivity contribution in [2.24, 2.45) is 0 Å². The van der Waals surface area contributed by atoms with E-state index in [1.165, 1.54) is 6.92 Å². The number of aliphatic hydroxyl groups excluding tert-OH is 2. The molecule has 4 N–H and O–H groups in total. The van der Waals surface area contributed by atoms with Gasteiger partial charge >= 0.3 is 0 Å². The van der Waals surface area contributed by atoms with E-state index in [1.807, 2.05) is 0 Å². The van der Waals surface area contributed by atoms with Gasteiger partial charge in [-0.05, 0) is 6.07 Å². The summed E-state index contributed by atoms with van der Waals surface area (Å²) in [5.41, 5.74) is 0.985. The SMILES string of the molecule is CC(=O)NCC(O)C(O)c1c[nH]c2nccc(Cl)c12. The minimum atomic E-state index is -1.16. The van der Waals surface area contributed by atoms with Crippen LogP contribution in [0.5, 0.6) is 0 Å². The number of fused-ring (bicyclic) bond motifs is 1. The number of nitrogens with one attached hydrogen (secondary N) is 2. The van der Waals surface area contributed by atoms with E-state index in [0.717, 1.165) is 0 Å². The lowest BCUT2D eigenvalue weighted by molar-refractivity contribution is -0.119. The number of amides is 1. The minimum Gasteiger partial charge on any atom is -0.388 e. The molecule has 0 saturated carbocycles. The van der Waals surface area contributed by atoms with Crippen LogP contribution < -0.4 is 5.32 Å². The number of pyridine rings is 1. The van der Waals surface area contributed by atoms with Crippen LogP contribution in [0.3, 0.4) is 0 Å². The average molecular weight is 284 g/mol. The van der Waals surface area contributed by atoms with Crippen LogP contribution in [0.4, 0.5) is 0 Å². The molecule has 2 unspecified atom stereocenters. The van der Waals surface area contributed by atoms with Gasteiger partial charge in [-0.2, -0.15) is 0 Å². The van der Waals surface area contributed by atoms with E-state index in [4.69, 9.17) is 11.6 Å². The molecule has 6 nitrogen and oxygen atoms in total. The summed E-state index contributed by atoms with van der Waals surface area (Å²) in [6, 6.07) is 1.61. The number of aromatic amines is 1.